The van der Waals surface area contributed by atoms with Crippen LogP contribution in [0.1, 0.15) is 37.8 Å². The Morgan fingerprint density at radius 3 is 2.37 bits per heavy atom. The van der Waals surface area contributed by atoms with Crippen molar-refractivity contribution in [3.8, 4) is 11.6 Å². The van der Waals surface area contributed by atoms with Gasteiger partial charge >= 0.3 is 0 Å². The topological polar surface area (TPSA) is 103 Å². The molecule has 0 amide bonds. The molecule has 4 heterocycles. The first-order valence-electron chi connectivity index (χ1n) is 11.8. The summed E-state index contributed by atoms with van der Waals surface area (Å²) in [6.45, 7) is 3.90. The monoisotopic (exact) mass is 492 g/mol. The van der Waals surface area contributed by atoms with Crippen LogP contribution in [0, 0.1) is 0 Å². The van der Waals surface area contributed by atoms with Crippen molar-refractivity contribution in [3.05, 3.63) is 60.7 Å². The molecule has 1 saturated heterocycles. The molecule has 0 aliphatic carbocycles. The number of sulfone groups is 1. The summed E-state index contributed by atoms with van der Waals surface area (Å²) >= 11 is 0. The zero-order valence-corrected chi connectivity index (χ0v) is 20.6. The van der Waals surface area contributed by atoms with Gasteiger partial charge in [-0.2, -0.15) is 5.10 Å². The molecule has 5 rings (SSSR count). The van der Waals surface area contributed by atoms with Gasteiger partial charge in [-0.3, -0.25) is 4.68 Å². The lowest BCUT2D eigenvalue weighted by Gasteiger charge is -2.32. The number of aromatic nitrogens is 5. The Bertz CT molecular complexity index is 1410. The fourth-order valence-electron chi connectivity index (χ4n) is 4.39. The molecular formula is C25H28N6O3S. The third kappa shape index (κ3) is 5.12. The summed E-state index contributed by atoms with van der Waals surface area (Å²) in [6.07, 6.45) is 12.7. The van der Waals surface area contributed by atoms with E-state index in [4.69, 9.17) is 4.74 Å². The smallest absolute Gasteiger partial charge is 0.225 e. The first-order chi connectivity index (χ1) is 16.9. The Hall–Kier alpha value is -3.53. The molecule has 0 radical (unpaired) electrons. The van der Waals surface area contributed by atoms with E-state index in [9.17, 15) is 8.42 Å². The lowest BCUT2D eigenvalue weighted by molar-refractivity contribution is 0.373. The minimum Gasteiger partial charge on any atom is -0.439 e. The summed E-state index contributed by atoms with van der Waals surface area (Å²) in [4.78, 5) is 16.1. The number of anilines is 1. The van der Waals surface area contributed by atoms with E-state index in [1.54, 1.807) is 18.3 Å². The predicted octanol–water partition coefficient (Wildman–Crippen LogP) is 4.21. The Balaban J connectivity index is 1.25. The number of hydrogen-bond acceptors (Lipinski definition) is 8. The van der Waals surface area contributed by atoms with E-state index < -0.39 is 9.84 Å². The van der Waals surface area contributed by atoms with Crippen LogP contribution >= 0.6 is 0 Å². The van der Waals surface area contributed by atoms with Gasteiger partial charge in [-0.05, 0) is 49.1 Å². The molecule has 1 aliphatic heterocycles. The van der Waals surface area contributed by atoms with Crippen molar-refractivity contribution in [3.63, 3.8) is 0 Å². The number of benzene rings is 1. The Kier molecular flexibility index (Phi) is 6.38. The van der Waals surface area contributed by atoms with Crippen molar-refractivity contribution in [1.29, 1.82) is 0 Å². The first-order valence-corrected chi connectivity index (χ1v) is 13.7. The van der Waals surface area contributed by atoms with Gasteiger partial charge in [0.1, 0.15) is 5.75 Å². The highest BCUT2D eigenvalue weighted by Crippen LogP contribution is 2.29. The third-order valence-electron chi connectivity index (χ3n) is 6.25. The molecule has 3 aromatic heterocycles. The van der Waals surface area contributed by atoms with Crippen LogP contribution in [0.4, 0.5) is 5.95 Å². The molecule has 0 bridgehead atoms. The van der Waals surface area contributed by atoms with Crippen molar-refractivity contribution >= 4 is 26.7 Å². The van der Waals surface area contributed by atoms with Crippen LogP contribution in [-0.4, -0.2) is 52.5 Å². The average molecular weight is 493 g/mol. The van der Waals surface area contributed by atoms with E-state index in [2.05, 4.69) is 36.6 Å². The highest BCUT2D eigenvalue weighted by Gasteiger charge is 2.24. The number of ether oxygens (including phenoxy) is 1. The number of aryl methyl sites for hydroxylation is 1. The lowest BCUT2D eigenvalue weighted by atomic mass is 10.1. The van der Waals surface area contributed by atoms with E-state index in [1.165, 1.54) is 24.0 Å². The summed E-state index contributed by atoms with van der Waals surface area (Å²) in [7, 11) is -3.24. The largest absolute Gasteiger partial charge is 0.439 e. The first kappa shape index (κ1) is 23.2. The van der Waals surface area contributed by atoms with Gasteiger partial charge in [-0.1, -0.05) is 13.3 Å². The number of nitrogens with zero attached hydrogens (tertiary/aromatic N) is 6. The molecular weight excluding hydrogens is 464 g/mol. The maximum atomic E-state index is 11.6. The molecule has 9 nitrogen and oxygen atoms in total. The molecule has 0 spiro atoms. The number of fused-ring (bicyclic) bond motifs is 1. The Morgan fingerprint density at radius 1 is 1.00 bits per heavy atom. The van der Waals surface area contributed by atoms with Gasteiger partial charge in [0, 0.05) is 43.2 Å². The molecule has 182 valence electrons. The zero-order chi connectivity index (χ0) is 24.4. The van der Waals surface area contributed by atoms with Gasteiger partial charge in [0.2, 0.25) is 11.8 Å². The van der Waals surface area contributed by atoms with Crippen molar-refractivity contribution in [1.82, 2.24) is 24.7 Å². The maximum absolute atomic E-state index is 11.6. The molecule has 0 atom stereocenters. The van der Waals surface area contributed by atoms with Gasteiger partial charge in [0.15, 0.2) is 9.84 Å². The highest BCUT2D eigenvalue weighted by molar-refractivity contribution is 7.90. The molecule has 0 saturated carbocycles. The van der Waals surface area contributed by atoms with Gasteiger partial charge in [-0.25, -0.2) is 23.4 Å². The third-order valence-corrected chi connectivity index (χ3v) is 7.38. The van der Waals surface area contributed by atoms with E-state index in [1.807, 2.05) is 24.7 Å². The van der Waals surface area contributed by atoms with E-state index >= 15 is 0 Å². The second-order valence-corrected chi connectivity index (χ2v) is 10.9. The minimum atomic E-state index is -3.24. The molecule has 35 heavy (non-hydrogen) atoms. The average Bonchev–Trinajstić information content (AvgIpc) is 3.28. The maximum Gasteiger partial charge on any atom is 0.225 e. The van der Waals surface area contributed by atoms with Crippen LogP contribution in [-0.2, 0) is 16.3 Å². The van der Waals surface area contributed by atoms with Crippen LogP contribution in [0.15, 0.2) is 60.0 Å². The quantitative estimate of drug-likeness (QED) is 0.378. The molecule has 0 N–H and O–H groups in total. The van der Waals surface area contributed by atoms with Crippen molar-refractivity contribution in [2.75, 3.05) is 24.2 Å². The Morgan fingerprint density at radius 2 is 1.71 bits per heavy atom. The normalized spacial score (nSPS) is 15.0. The number of pyridine rings is 1. The van der Waals surface area contributed by atoms with E-state index in [0.717, 1.165) is 55.6 Å². The highest BCUT2D eigenvalue weighted by atomic mass is 32.2. The molecule has 4 aromatic rings. The van der Waals surface area contributed by atoms with Crippen LogP contribution < -0.4 is 9.64 Å². The zero-order valence-electron chi connectivity index (χ0n) is 19.8. The van der Waals surface area contributed by atoms with Crippen molar-refractivity contribution in [2.45, 2.75) is 43.5 Å². The summed E-state index contributed by atoms with van der Waals surface area (Å²) in [5, 5.41) is 5.58. The Labute approximate surface area is 204 Å². The summed E-state index contributed by atoms with van der Waals surface area (Å²) in [5.41, 5.74) is 2.14. The van der Waals surface area contributed by atoms with Gasteiger partial charge in [0.25, 0.3) is 0 Å². The predicted molar refractivity (Wildman–Crippen MR) is 134 cm³/mol. The van der Waals surface area contributed by atoms with Crippen LogP contribution in [0.2, 0.25) is 0 Å². The fraction of sp³-hybridized carbons (Fsp3) is 0.360. The van der Waals surface area contributed by atoms with Crippen LogP contribution in [0.5, 0.6) is 11.6 Å². The van der Waals surface area contributed by atoms with Crippen molar-refractivity contribution < 1.29 is 13.2 Å². The fourth-order valence-corrected chi connectivity index (χ4v) is 5.02. The molecule has 1 aromatic carbocycles. The van der Waals surface area contributed by atoms with Crippen LogP contribution in [0.3, 0.4) is 0 Å². The SMILES string of the molecule is CCCc1cnc(N2CCC(n3ncc4cc(Oc5ccc(S(C)(=O)=O)cc5)ncc43)CC2)nc1. The molecule has 10 heteroatoms. The summed E-state index contributed by atoms with van der Waals surface area (Å²) in [5.74, 6) is 1.75. The standard InChI is InChI=1S/C25H28N6O3S/c1-3-4-18-14-27-25(28-15-18)30-11-9-20(10-12-30)31-23-17-26-24(13-19(23)16-29-31)34-21-5-7-22(8-6-21)35(2,32)33/h5-8,13-17,20H,3-4,9-12H2,1-2H3. The number of piperidine rings is 1. The van der Waals surface area contributed by atoms with E-state index in [0.29, 0.717) is 11.6 Å². The second kappa shape index (κ2) is 9.61. The van der Waals surface area contributed by atoms with Gasteiger partial charge < -0.3 is 9.64 Å². The van der Waals surface area contributed by atoms with Crippen LogP contribution in [0.25, 0.3) is 10.9 Å². The number of hydrogen-bond donors (Lipinski definition) is 0. The molecule has 1 aliphatic rings. The lowest BCUT2D eigenvalue weighted by Crippen LogP contribution is -2.36. The summed E-state index contributed by atoms with van der Waals surface area (Å²) in [6, 6.07) is 8.43. The molecule has 0 unspecified atom stereocenters. The minimum absolute atomic E-state index is 0.251. The number of rotatable bonds is 7. The van der Waals surface area contributed by atoms with E-state index in [-0.39, 0.29) is 10.9 Å². The molecule has 1 fully saturated rings. The summed E-state index contributed by atoms with van der Waals surface area (Å²) < 4.78 is 31.2. The second-order valence-electron chi connectivity index (χ2n) is 8.88. The van der Waals surface area contributed by atoms with Gasteiger partial charge in [0.05, 0.1) is 28.8 Å². The van der Waals surface area contributed by atoms with Crippen molar-refractivity contribution in [2.24, 2.45) is 0 Å². The van der Waals surface area contributed by atoms with Gasteiger partial charge in [-0.15, -0.1) is 0 Å².